The van der Waals surface area contributed by atoms with E-state index in [2.05, 4.69) is 4.98 Å². The summed E-state index contributed by atoms with van der Waals surface area (Å²) in [4.78, 5) is 14.3. The van der Waals surface area contributed by atoms with Crippen molar-refractivity contribution in [1.82, 2.24) is 4.98 Å². The maximum absolute atomic E-state index is 11.5. The van der Waals surface area contributed by atoms with Crippen molar-refractivity contribution in [3.63, 3.8) is 0 Å². The Balaban J connectivity index is 2.96. The summed E-state index contributed by atoms with van der Waals surface area (Å²) in [5.74, 6) is 0.643. The van der Waals surface area contributed by atoms with Gasteiger partial charge in [-0.2, -0.15) is 0 Å². The molecule has 1 N–H and O–H groups in total. The molecule has 0 saturated heterocycles. The standard InChI is InChI=1S/C10H8INO2/c1-14-9-6-4-2-3-5-7(6)12-10(13)8(9)11/h2-5H,1H3,(H,12,13). The number of pyridine rings is 1. The number of aromatic amines is 1. The quantitative estimate of drug-likeness (QED) is 0.820. The fraction of sp³-hybridized carbons (Fsp3) is 0.100. The number of benzene rings is 1. The van der Waals surface area contributed by atoms with Crippen LogP contribution in [0.3, 0.4) is 0 Å². The molecule has 0 amide bonds. The number of para-hydroxylation sites is 1. The molecule has 0 aliphatic heterocycles. The minimum Gasteiger partial charge on any atom is -0.495 e. The molecule has 2 rings (SSSR count). The molecule has 0 spiro atoms. The summed E-state index contributed by atoms with van der Waals surface area (Å²) in [6, 6.07) is 7.57. The summed E-state index contributed by atoms with van der Waals surface area (Å²) in [7, 11) is 1.57. The molecule has 0 aliphatic rings. The zero-order valence-corrected chi connectivity index (χ0v) is 9.66. The van der Waals surface area contributed by atoms with E-state index in [1.54, 1.807) is 7.11 Å². The molecule has 1 aromatic heterocycles. The minimum atomic E-state index is -0.110. The van der Waals surface area contributed by atoms with Gasteiger partial charge >= 0.3 is 0 Å². The molecule has 0 unspecified atom stereocenters. The first-order chi connectivity index (χ1) is 6.74. The second kappa shape index (κ2) is 3.61. The van der Waals surface area contributed by atoms with Crippen molar-refractivity contribution in [3.8, 4) is 5.75 Å². The average molecular weight is 301 g/mol. The Morgan fingerprint density at radius 1 is 1.36 bits per heavy atom. The molecule has 0 fully saturated rings. The molecule has 1 aromatic carbocycles. The van der Waals surface area contributed by atoms with Crippen LogP contribution in [0.15, 0.2) is 29.1 Å². The Morgan fingerprint density at radius 2 is 2.07 bits per heavy atom. The summed E-state index contributed by atoms with van der Waals surface area (Å²) >= 11 is 1.98. The van der Waals surface area contributed by atoms with E-state index in [9.17, 15) is 4.79 Å². The molecule has 2 aromatic rings. The Kier molecular flexibility index (Phi) is 2.45. The molecular weight excluding hydrogens is 293 g/mol. The number of methoxy groups -OCH3 is 1. The van der Waals surface area contributed by atoms with Crippen LogP contribution in [0.1, 0.15) is 0 Å². The topological polar surface area (TPSA) is 42.1 Å². The van der Waals surface area contributed by atoms with Crippen molar-refractivity contribution in [2.45, 2.75) is 0 Å². The van der Waals surface area contributed by atoms with Gasteiger partial charge in [0.05, 0.1) is 12.6 Å². The lowest BCUT2D eigenvalue weighted by atomic mass is 10.2. The van der Waals surface area contributed by atoms with Crippen molar-refractivity contribution in [3.05, 3.63) is 38.2 Å². The number of aromatic nitrogens is 1. The van der Waals surface area contributed by atoms with Gasteiger partial charge in [0.15, 0.2) is 0 Å². The summed E-state index contributed by atoms with van der Waals surface area (Å²) in [5.41, 5.74) is 0.691. The molecule has 0 saturated carbocycles. The number of rotatable bonds is 1. The largest absolute Gasteiger partial charge is 0.495 e. The van der Waals surface area contributed by atoms with Gasteiger partial charge in [-0.05, 0) is 34.7 Å². The van der Waals surface area contributed by atoms with E-state index in [1.165, 1.54) is 0 Å². The number of hydrogen-bond acceptors (Lipinski definition) is 2. The van der Waals surface area contributed by atoms with Gasteiger partial charge in [0.25, 0.3) is 5.56 Å². The predicted molar refractivity (Wildman–Crippen MR) is 63.8 cm³/mol. The van der Waals surface area contributed by atoms with Gasteiger partial charge in [0, 0.05) is 5.39 Å². The maximum Gasteiger partial charge on any atom is 0.265 e. The van der Waals surface area contributed by atoms with Crippen molar-refractivity contribution < 1.29 is 4.74 Å². The van der Waals surface area contributed by atoms with E-state index in [0.29, 0.717) is 9.32 Å². The van der Waals surface area contributed by atoms with Crippen LogP contribution in [-0.2, 0) is 0 Å². The highest BCUT2D eigenvalue weighted by Gasteiger charge is 2.09. The lowest BCUT2D eigenvalue weighted by Crippen LogP contribution is -2.11. The zero-order chi connectivity index (χ0) is 10.1. The molecule has 0 aliphatic carbocycles. The van der Waals surface area contributed by atoms with E-state index in [4.69, 9.17) is 4.74 Å². The normalized spacial score (nSPS) is 10.4. The van der Waals surface area contributed by atoms with Crippen LogP contribution in [-0.4, -0.2) is 12.1 Å². The summed E-state index contributed by atoms with van der Waals surface area (Å²) < 4.78 is 5.80. The third-order valence-electron chi connectivity index (χ3n) is 2.02. The van der Waals surface area contributed by atoms with Crippen LogP contribution in [0.4, 0.5) is 0 Å². The van der Waals surface area contributed by atoms with Crippen LogP contribution < -0.4 is 10.3 Å². The minimum absolute atomic E-state index is 0.110. The highest BCUT2D eigenvalue weighted by molar-refractivity contribution is 14.1. The molecular formula is C10H8INO2. The molecule has 72 valence electrons. The number of ether oxygens (including phenoxy) is 1. The third-order valence-corrected chi connectivity index (χ3v) is 3.00. The second-order valence-corrected chi connectivity index (χ2v) is 3.93. The lowest BCUT2D eigenvalue weighted by molar-refractivity contribution is 0.416. The number of nitrogens with one attached hydrogen (secondary N) is 1. The van der Waals surface area contributed by atoms with Crippen molar-refractivity contribution in [1.29, 1.82) is 0 Å². The highest BCUT2D eigenvalue weighted by atomic mass is 127. The molecule has 0 atom stereocenters. The number of fused-ring (bicyclic) bond motifs is 1. The van der Waals surface area contributed by atoms with Gasteiger partial charge < -0.3 is 9.72 Å². The van der Waals surface area contributed by atoms with Crippen LogP contribution in [0.5, 0.6) is 5.75 Å². The van der Waals surface area contributed by atoms with Gasteiger partial charge in [0.2, 0.25) is 0 Å². The monoisotopic (exact) mass is 301 g/mol. The number of hydrogen-bond donors (Lipinski definition) is 1. The van der Waals surface area contributed by atoms with E-state index in [1.807, 2.05) is 46.9 Å². The van der Waals surface area contributed by atoms with E-state index < -0.39 is 0 Å². The Labute approximate surface area is 94.2 Å². The smallest absolute Gasteiger partial charge is 0.265 e. The van der Waals surface area contributed by atoms with Crippen molar-refractivity contribution in [2.24, 2.45) is 0 Å². The van der Waals surface area contributed by atoms with Gasteiger partial charge in [0.1, 0.15) is 9.32 Å². The lowest BCUT2D eigenvalue weighted by Gasteiger charge is -2.06. The Morgan fingerprint density at radius 3 is 2.79 bits per heavy atom. The Bertz CT molecular complexity index is 533. The van der Waals surface area contributed by atoms with Crippen molar-refractivity contribution >= 4 is 33.5 Å². The Hall–Kier alpha value is -1.04. The SMILES string of the molecule is COc1c(I)c(=O)[nH]c2ccccc12. The van der Waals surface area contributed by atoms with Gasteiger partial charge in [-0.25, -0.2) is 0 Å². The fourth-order valence-electron chi connectivity index (χ4n) is 1.39. The summed E-state index contributed by atoms with van der Waals surface area (Å²) in [5, 5.41) is 0.930. The average Bonchev–Trinajstić information content (AvgIpc) is 2.20. The molecule has 3 nitrogen and oxygen atoms in total. The second-order valence-electron chi connectivity index (χ2n) is 2.85. The number of H-pyrrole nitrogens is 1. The van der Waals surface area contributed by atoms with Crippen LogP contribution in [0, 0.1) is 3.57 Å². The third kappa shape index (κ3) is 1.39. The summed E-state index contributed by atoms with van der Waals surface area (Å²) in [6.45, 7) is 0. The molecule has 0 bridgehead atoms. The maximum atomic E-state index is 11.5. The van der Waals surface area contributed by atoms with Gasteiger partial charge in [-0.15, -0.1) is 0 Å². The predicted octanol–water partition coefficient (Wildman–Crippen LogP) is 2.14. The van der Waals surface area contributed by atoms with Gasteiger partial charge in [-0.1, -0.05) is 12.1 Å². The first kappa shape index (κ1) is 9.51. The highest BCUT2D eigenvalue weighted by Crippen LogP contribution is 2.26. The van der Waals surface area contributed by atoms with Crippen molar-refractivity contribution in [2.75, 3.05) is 7.11 Å². The first-order valence-electron chi connectivity index (χ1n) is 4.08. The number of halogens is 1. The van der Waals surface area contributed by atoms with Crippen LogP contribution >= 0.6 is 22.6 Å². The van der Waals surface area contributed by atoms with E-state index >= 15 is 0 Å². The molecule has 0 radical (unpaired) electrons. The molecule has 4 heteroatoms. The van der Waals surface area contributed by atoms with Crippen LogP contribution in [0.2, 0.25) is 0 Å². The zero-order valence-electron chi connectivity index (χ0n) is 7.50. The molecule has 14 heavy (non-hydrogen) atoms. The van der Waals surface area contributed by atoms with Gasteiger partial charge in [-0.3, -0.25) is 4.79 Å². The van der Waals surface area contributed by atoms with Crippen LogP contribution in [0.25, 0.3) is 10.9 Å². The van der Waals surface area contributed by atoms with E-state index in [0.717, 1.165) is 10.9 Å². The first-order valence-corrected chi connectivity index (χ1v) is 5.16. The summed E-state index contributed by atoms with van der Waals surface area (Å²) in [6.07, 6.45) is 0. The van der Waals surface area contributed by atoms with E-state index in [-0.39, 0.29) is 5.56 Å². The molecule has 1 heterocycles. The fourth-order valence-corrected chi connectivity index (χ4v) is 2.03.